The molecule has 1 fully saturated rings. The summed E-state index contributed by atoms with van der Waals surface area (Å²) in [6, 6.07) is 9.95. The zero-order valence-electron chi connectivity index (χ0n) is 15.5. The van der Waals surface area contributed by atoms with E-state index in [1.165, 1.54) is 12.1 Å². The predicted octanol–water partition coefficient (Wildman–Crippen LogP) is 5.06. The minimum Gasteiger partial charge on any atom is -0.325 e. The van der Waals surface area contributed by atoms with Gasteiger partial charge in [-0.2, -0.15) is 0 Å². The number of carbonyl (C=O) groups is 1. The highest BCUT2D eigenvalue weighted by Crippen LogP contribution is 2.29. The van der Waals surface area contributed by atoms with Gasteiger partial charge >= 0.3 is 0 Å². The van der Waals surface area contributed by atoms with Gasteiger partial charge in [0.15, 0.2) is 0 Å². The number of halogens is 2. The molecule has 1 saturated heterocycles. The zero-order chi connectivity index (χ0) is 20.3. The van der Waals surface area contributed by atoms with Gasteiger partial charge < -0.3 is 5.32 Å². The van der Waals surface area contributed by atoms with E-state index in [0.717, 1.165) is 24.2 Å². The smallest absolute Gasteiger partial charge is 0.271 e. The molecule has 0 unspecified atom stereocenters. The second-order valence-corrected chi connectivity index (χ2v) is 7.81. The molecule has 148 valence electrons. The van der Waals surface area contributed by atoms with Gasteiger partial charge in [-0.3, -0.25) is 19.8 Å². The van der Waals surface area contributed by atoms with E-state index in [0.29, 0.717) is 35.1 Å². The van der Waals surface area contributed by atoms with Crippen molar-refractivity contribution >= 4 is 40.5 Å². The molecule has 0 atom stereocenters. The molecule has 0 radical (unpaired) electrons. The Morgan fingerprint density at radius 2 is 1.86 bits per heavy atom. The van der Waals surface area contributed by atoms with E-state index in [1.54, 1.807) is 6.07 Å². The Morgan fingerprint density at radius 1 is 1.21 bits per heavy atom. The monoisotopic (exact) mass is 421 g/mol. The summed E-state index contributed by atoms with van der Waals surface area (Å²) in [4.78, 5) is 25.4. The molecule has 0 aromatic heterocycles. The minimum absolute atomic E-state index is 0.0349. The van der Waals surface area contributed by atoms with Gasteiger partial charge in [-0.15, -0.1) is 0 Å². The van der Waals surface area contributed by atoms with Crippen molar-refractivity contribution < 1.29 is 9.72 Å². The molecule has 0 aliphatic carbocycles. The van der Waals surface area contributed by atoms with E-state index in [2.05, 4.69) is 10.2 Å². The van der Waals surface area contributed by atoms with Crippen molar-refractivity contribution in [1.29, 1.82) is 0 Å². The van der Waals surface area contributed by atoms with E-state index in [-0.39, 0.29) is 17.5 Å². The first kappa shape index (κ1) is 20.6. The summed E-state index contributed by atoms with van der Waals surface area (Å²) < 4.78 is 0. The summed E-state index contributed by atoms with van der Waals surface area (Å²) in [7, 11) is 0. The molecule has 2 aromatic carbocycles. The molecule has 0 saturated carbocycles. The maximum atomic E-state index is 12.6. The average molecular weight is 422 g/mol. The largest absolute Gasteiger partial charge is 0.325 e. The van der Waals surface area contributed by atoms with Crippen molar-refractivity contribution in [2.45, 2.75) is 26.3 Å². The Kier molecular flexibility index (Phi) is 6.54. The number of hydrogen-bond donors (Lipinski definition) is 1. The highest BCUT2D eigenvalue weighted by atomic mass is 35.5. The number of carbonyl (C=O) groups excluding carboxylic acids is 1. The lowest BCUT2D eigenvalue weighted by Gasteiger charge is -2.31. The molecule has 28 heavy (non-hydrogen) atoms. The van der Waals surface area contributed by atoms with Crippen LogP contribution in [0.4, 0.5) is 11.4 Å². The van der Waals surface area contributed by atoms with Gasteiger partial charge in [-0.1, -0.05) is 35.3 Å². The Labute approximate surface area is 173 Å². The predicted molar refractivity (Wildman–Crippen MR) is 111 cm³/mol. The van der Waals surface area contributed by atoms with Crippen LogP contribution in [0, 0.1) is 23.0 Å². The fourth-order valence-corrected chi connectivity index (χ4v) is 3.87. The summed E-state index contributed by atoms with van der Waals surface area (Å²) in [6.45, 7) is 3.98. The van der Waals surface area contributed by atoms with Crippen molar-refractivity contribution in [3.63, 3.8) is 0 Å². The number of hydrogen-bond acceptors (Lipinski definition) is 4. The quantitative estimate of drug-likeness (QED) is 0.540. The summed E-state index contributed by atoms with van der Waals surface area (Å²) in [6.07, 6.45) is 1.42. The van der Waals surface area contributed by atoms with E-state index in [4.69, 9.17) is 23.2 Å². The SMILES string of the molecule is Cc1ccc([N+](=O)[O-])cc1NC(=O)C1CCN(Cc2c(Cl)cccc2Cl)CC1. The van der Waals surface area contributed by atoms with E-state index >= 15 is 0 Å². The van der Waals surface area contributed by atoms with Crippen LogP contribution in [0.1, 0.15) is 24.0 Å². The summed E-state index contributed by atoms with van der Waals surface area (Å²) in [5.74, 6) is -0.226. The highest BCUT2D eigenvalue weighted by molar-refractivity contribution is 6.35. The van der Waals surface area contributed by atoms with Crippen LogP contribution >= 0.6 is 23.2 Å². The summed E-state index contributed by atoms with van der Waals surface area (Å²) in [5.41, 5.74) is 2.16. The Balaban J connectivity index is 1.58. The van der Waals surface area contributed by atoms with Crippen molar-refractivity contribution in [2.24, 2.45) is 5.92 Å². The molecule has 1 amide bonds. The van der Waals surface area contributed by atoms with Crippen LogP contribution in [0.25, 0.3) is 0 Å². The first-order chi connectivity index (χ1) is 13.3. The lowest BCUT2D eigenvalue weighted by atomic mass is 9.95. The highest BCUT2D eigenvalue weighted by Gasteiger charge is 2.26. The van der Waals surface area contributed by atoms with Crippen molar-refractivity contribution in [3.8, 4) is 0 Å². The van der Waals surface area contributed by atoms with Crippen LogP contribution in [0.3, 0.4) is 0 Å². The van der Waals surface area contributed by atoms with Gasteiger partial charge in [0.05, 0.1) is 10.6 Å². The van der Waals surface area contributed by atoms with Gasteiger partial charge in [0.2, 0.25) is 5.91 Å². The summed E-state index contributed by atoms with van der Waals surface area (Å²) >= 11 is 12.5. The standard InChI is InChI=1S/C20H21Cl2N3O3/c1-13-5-6-15(25(27)28)11-19(13)23-20(26)14-7-9-24(10-8-14)12-16-17(21)3-2-4-18(16)22/h2-6,11,14H,7-10,12H2,1H3,(H,23,26). The number of nitrogens with zero attached hydrogens (tertiary/aromatic N) is 2. The van der Waals surface area contributed by atoms with Gasteiger partial charge in [-0.25, -0.2) is 0 Å². The maximum absolute atomic E-state index is 12.6. The van der Waals surface area contributed by atoms with Gasteiger partial charge in [-0.05, 0) is 50.6 Å². The van der Waals surface area contributed by atoms with Gasteiger partial charge in [0.1, 0.15) is 0 Å². The Bertz CT molecular complexity index is 876. The maximum Gasteiger partial charge on any atom is 0.271 e. The molecule has 3 rings (SSSR count). The Hall–Kier alpha value is -2.15. The van der Waals surface area contributed by atoms with E-state index in [1.807, 2.05) is 25.1 Å². The van der Waals surface area contributed by atoms with E-state index in [9.17, 15) is 14.9 Å². The fraction of sp³-hybridized carbons (Fsp3) is 0.350. The molecule has 0 bridgehead atoms. The molecule has 8 heteroatoms. The van der Waals surface area contributed by atoms with Crippen molar-refractivity contribution in [1.82, 2.24) is 4.90 Å². The fourth-order valence-electron chi connectivity index (χ4n) is 3.35. The van der Waals surface area contributed by atoms with E-state index < -0.39 is 4.92 Å². The molecule has 0 spiro atoms. The number of benzene rings is 2. The third-order valence-electron chi connectivity index (χ3n) is 5.09. The van der Waals surface area contributed by atoms with Gasteiger partial charge in [0.25, 0.3) is 5.69 Å². The van der Waals surface area contributed by atoms with Crippen molar-refractivity contribution in [2.75, 3.05) is 18.4 Å². The first-order valence-corrected chi connectivity index (χ1v) is 9.82. The van der Waals surface area contributed by atoms with Crippen LogP contribution in [0.2, 0.25) is 10.0 Å². The number of anilines is 1. The molecule has 2 aromatic rings. The van der Waals surface area contributed by atoms with Crippen LogP contribution in [0.15, 0.2) is 36.4 Å². The first-order valence-electron chi connectivity index (χ1n) is 9.06. The minimum atomic E-state index is -0.465. The molecule has 1 N–H and O–H groups in total. The molecular formula is C20H21Cl2N3O3. The number of aryl methyl sites for hydroxylation is 1. The molecule has 1 aliphatic rings. The lowest BCUT2D eigenvalue weighted by Crippen LogP contribution is -2.38. The summed E-state index contributed by atoms with van der Waals surface area (Å²) in [5, 5.41) is 15.1. The molecular weight excluding hydrogens is 401 g/mol. The number of likely N-dealkylation sites (tertiary alicyclic amines) is 1. The number of piperidine rings is 1. The number of non-ortho nitro benzene ring substituents is 1. The molecule has 6 nitrogen and oxygen atoms in total. The second-order valence-electron chi connectivity index (χ2n) is 7.00. The normalized spacial score (nSPS) is 15.4. The number of rotatable bonds is 5. The number of nitrogens with one attached hydrogen (secondary N) is 1. The Morgan fingerprint density at radius 3 is 2.46 bits per heavy atom. The number of nitro benzene ring substituents is 1. The zero-order valence-corrected chi connectivity index (χ0v) is 17.0. The molecule has 1 aliphatic heterocycles. The van der Waals surface area contributed by atoms with Crippen LogP contribution < -0.4 is 5.32 Å². The number of amides is 1. The second kappa shape index (κ2) is 8.90. The van der Waals surface area contributed by atoms with Crippen LogP contribution in [-0.2, 0) is 11.3 Å². The van der Waals surface area contributed by atoms with Gasteiger partial charge in [0, 0.05) is 40.2 Å². The third kappa shape index (κ3) is 4.82. The number of nitro groups is 1. The lowest BCUT2D eigenvalue weighted by molar-refractivity contribution is -0.384. The van der Waals surface area contributed by atoms with Crippen LogP contribution in [-0.4, -0.2) is 28.8 Å². The molecule has 1 heterocycles. The third-order valence-corrected chi connectivity index (χ3v) is 5.80. The average Bonchev–Trinajstić information content (AvgIpc) is 2.67. The van der Waals surface area contributed by atoms with Crippen LogP contribution in [0.5, 0.6) is 0 Å². The van der Waals surface area contributed by atoms with Crippen molar-refractivity contribution in [3.05, 3.63) is 67.7 Å². The topological polar surface area (TPSA) is 75.5 Å².